The number of nitrogens with zero attached hydrogens (tertiary/aromatic N) is 2. The molecule has 4 heteroatoms. The van der Waals surface area contributed by atoms with Gasteiger partial charge >= 0.3 is 0 Å². The van der Waals surface area contributed by atoms with Crippen LogP contribution in [0.15, 0.2) is 0 Å². The summed E-state index contributed by atoms with van der Waals surface area (Å²) in [6.45, 7) is 5.67. The second-order valence-electron chi connectivity index (χ2n) is 4.85. The highest BCUT2D eigenvalue weighted by Gasteiger charge is 2.29. The Kier molecular flexibility index (Phi) is 3.04. The van der Waals surface area contributed by atoms with E-state index >= 15 is 0 Å². The minimum Gasteiger partial charge on any atom is -0.372 e. The van der Waals surface area contributed by atoms with Gasteiger partial charge in [0.25, 0.3) is 0 Å². The SMILES string of the molecule is COC(C)(C)c1nc2n(c1CN)CCCC2. The maximum Gasteiger partial charge on any atom is 0.109 e. The lowest BCUT2D eigenvalue weighted by Crippen LogP contribution is -2.23. The second kappa shape index (κ2) is 4.18. The van der Waals surface area contributed by atoms with Crippen LogP contribution in [0.3, 0.4) is 0 Å². The first kappa shape index (κ1) is 11.6. The van der Waals surface area contributed by atoms with Gasteiger partial charge in [0.15, 0.2) is 0 Å². The van der Waals surface area contributed by atoms with Gasteiger partial charge in [0.1, 0.15) is 11.4 Å². The van der Waals surface area contributed by atoms with Gasteiger partial charge in [0.05, 0.1) is 11.4 Å². The van der Waals surface area contributed by atoms with Gasteiger partial charge < -0.3 is 15.0 Å². The van der Waals surface area contributed by atoms with Crippen molar-refractivity contribution in [2.75, 3.05) is 7.11 Å². The van der Waals surface area contributed by atoms with Crippen molar-refractivity contribution in [2.45, 2.75) is 51.8 Å². The molecule has 0 saturated carbocycles. The van der Waals surface area contributed by atoms with Gasteiger partial charge in [-0.15, -0.1) is 0 Å². The molecule has 0 aliphatic carbocycles. The fourth-order valence-corrected chi connectivity index (χ4v) is 2.33. The summed E-state index contributed by atoms with van der Waals surface area (Å²) in [6, 6.07) is 0. The summed E-state index contributed by atoms with van der Waals surface area (Å²) in [6.07, 6.45) is 3.52. The zero-order valence-electron chi connectivity index (χ0n) is 10.4. The van der Waals surface area contributed by atoms with E-state index in [2.05, 4.69) is 4.57 Å². The molecule has 0 unspecified atom stereocenters. The third kappa shape index (κ3) is 1.76. The van der Waals surface area contributed by atoms with Crippen LogP contribution < -0.4 is 5.73 Å². The molecule has 0 radical (unpaired) electrons. The Hall–Kier alpha value is -0.870. The van der Waals surface area contributed by atoms with E-state index < -0.39 is 0 Å². The second-order valence-corrected chi connectivity index (χ2v) is 4.85. The third-order valence-electron chi connectivity index (χ3n) is 3.46. The van der Waals surface area contributed by atoms with E-state index in [0.29, 0.717) is 6.54 Å². The van der Waals surface area contributed by atoms with Crippen LogP contribution in [0.5, 0.6) is 0 Å². The maximum absolute atomic E-state index is 5.85. The fourth-order valence-electron chi connectivity index (χ4n) is 2.33. The molecule has 4 nitrogen and oxygen atoms in total. The molecular weight excluding hydrogens is 202 g/mol. The van der Waals surface area contributed by atoms with Crippen molar-refractivity contribution in [1.82, 2.24) is 9.55 Å². The average molecular weight is 223 g/mol. The van der Waals surface area contributed by atoms with E-state index in [4.69, 9.17) is 15.5 Å². The summed E-state index contributed by atoms with van der Waals surface area (Å²) in [4.78, 5) is 4.72. The summed E-state index contributed by atoms with van der Waals surface area (Å²) in [7, 11) is 1.72. The molecule has 0 atom stereocenters. The van der Waals surface area contributed by atoms with Gasteiger partial charge in [0.2, 0.25) is 0 Å². The molecule has 1 aromatic heterocycles. The number of imidazole rings is 1. The minimum absolute atomic E-state index is 0.348. The first-order valence-corrected chi connectivity index (χ1v) is 5.94. The molecule has 1 aliphatic heterocycles. The first-order chi connectivity index (χ1) is 7.60. The van der Waals surface area contributed by atoms with Crippen LogP contribution in [0.4, 0.5) is 0 Å². The molecule has 1 aliphatic rings. The topological polar surface area (TPSA) is 53.1 Å². The van der Waals surface area contributed by atoms with Gasteiger partial charge in [-0.25, -0.2) is 4.98 Å². The van der Waals surface area contributed by atoms with Gasteiger partial charge in [-0.1, -0.05) is 0 Å². The number of ether oxygens (including phenoxy) is 1. The van der Waals surface area contributed by atoms with Crippen LogP contribution in [0, 0.1) is 0 Å². The maximum atomic E-state index is 5.85. The van der Waals surface area contributed by atoms with Crippen LogP contribution in [-0.2, 0) is 29.8 Å². The predicted octanol–water partition coefficient (Wildman–Crippen LogP) is 1.56. The van der Waals surface area contributed by atoms with Crippen LogP contribution in [0.1, 0.15) is 43.9 Å². The third-order valence-corrected chi connectivity index (χ3v) is 3.46. The smallest absolute Gasteiger partial charge is 0.109 e. The number of aryl methyl sites for hydroxylation is 1. The van der Waals surface area contributed by atoms with E-state index in [-0.39, 0.29) is 5.60 Å². The Bertz CT molecular complexity index is 382. The lowest BCUT2D eigenvalue weighted by molar-refractivity contribution is 0.0149. The Morgan fingerprint density at radius 1 is 1.44 bits per heavy atom. The minimum atomic E-state index is -0.348. The highest BCUT2D eigenvalue weighted by Crippen LogP contribution is 2.29. The monoisotopic (exact) mass is 223 g/mol. The molecule has 16 heavy (non-hydrogen) atoms. The van der Waals surface area contributed by atoms with Crippen molar-refractivity contribution < 1.29 is 4.74 Å². The number of fused-ring (bicyclic) bond motifs is 1. The molecule has 0 spiro atoms. The van der Waals surface area contributed by atoms with Crippen molar-refractivity contribution in [3.63, 3.8) is 0 Å². The average Bonchev–Trinajstić information content (AvgIpc) is 2.68. The van der Waals surface area contributed by atoms with Crippen molar-refractivity contribution in [3.05, 3.63) is 17.2 Å². The molecular formula is C12H21N3O. The Morgan fingerprint density at radius 3 is 2.81 bits per heavy atom. The van der Waals surface area contributed by atoms with Crippen molar-refractivity contribution in [1.29, 1.82) is 0 Å². The van der Waals surface area contributed by atoms with Crippen molar-refractivity contribution in [3.8, 4) is 0 Å². The number of rotatable bonds is 3. The molecule has 0 fully saturated rings. The number of nitrogens with two attached hydrogens (primary N) is 1. The van der Waals surface area contributed by atoms with Crippen molar-refractivity contribution in [2.24, 2.45) is 5.73 Å². The molecule has 2 heterocycles. The number of hydrogen-bond donors (Lipinski definition) is 1. The number of methoxy groups -OCH3 is 1. The van der Waals surface area contributed by atoms with Crippen LogP contribution in [-0.4, -0.2) is 16.7 Å². The molecule has 2 N–H and O–H groups in total. The summed E-state index contributed by atoms with van der Waals surface area (Å²) in [5.74, 6) is 1.17. The van der Waals surface area contributed by atoms with E-state index in [1.807, 2.05) is 13.8 Å². The summed E-state index contributed by atoms with van der Waals surface area (Å²) >= 11 is 0. The van der Waals surface area contributed by atoms with Gasteiger partial charge in [-0.05, 0) is 26.7 Å². The standard InChI is InChI=1S/C12H21N3O/c1-12(2,16-3)11-9(8-13)15-7-5-4-6-10(15)14-11/h4-8,13H2,1-3H3. The van der Waals surface area contributed by atoms with E-state index in [0.717, 1.165) is 24.4 Å². The lowest BCUT2D eigenvalue weighted by atomic mass is 10.0. The molecule has 0 bridgehead atoms. The molecule has 0 aromatic carbocycles. The van der Waals surface area contributed by atoms with E-state index in [9.17, 15) is 0 Å². The highest BCUT2D eigenvalue weighted by molar-refractivity contribution is 5.23. The first-order valence-electron chi connectivity index (χ1n) is 5.94. The van der Waals surface area contributed by atoms with Gasteiger partial charge in [-0.2, -0.15) is 0 Å². The molecule has 0 amide bonds. The Labute approximate surface area is 96.8 Å². The van der Waals surface area contributed by atoms with Crippen molar-refractivity contribution >= 4 is 0 Å². The molecule has 90 valence electrons. The Morgan fingerprint density at radius 2 is 2.19 bits per heavy atom. The van der Waals surface area contributed by atoms with Gasteiger partial charge in [-0.3, -0.25) is 0 Å². The number of aromatic nitrogens is 2. The van der Waals surface area contributed by atoms with Gasteiger partial charge in [0, 0.05) is 26.6 Å². The molecule has 1 aromatic rings. The quantitative estimate of drug-likeness (QED) is 0.846. The highest BCUT2D eigenvalue weighted by atomic mass is 16.5. The van der Waals surface area contributed by atoms with Crippen LogP contribution in [0.25, 0.3) is 0 Å². The largest absolute Gasteiger partial charge is 0.372 e. The Balaban J connectivity index is 2.49. The predicted molar refractivity (Wildman–Crippen MR) is 63.1 cm³/mol. The fraction of sp³-hybridized carbons (Fsp3) is 0.750. The summed E-state index contributed by atoms with van der Waals surface area (Å²) in [5, 5.41) is 0. The van der Waals surface area contributed by atoms with Crippen LogP contribution in [0.2, 0.25) is 0 Å². The summed E-state index contributed by atoms with van der Waals surface area (Å²) in [5.41, 5.74) is 7.66. The van der Waals surface area contributed by atoms with E-state index in [1.54, 1.807) is 7.11 Å². The number of hydrogen-bond acceptors (Lipinski definition) is 3. The zero-order valence-corrected chi connectivity index (χ0v) is 10.4. The summed E-state index contributed by atoms with van der Waals surface area (Å²) < 4.78 is 7.79. The normalized spacial score (nSPS) is 16.2. The zero-order chi connectivity index (χ0) is 11.8. The molecule has 2 rings (SSSR count). The van der Waals surface area contributed by atoms with E-state index in [1.165, 1.54) is 18.7 Å². The lowest BCUT2D eigenvalue weighted by Gasteiger charge is -2.22. The van der Waals surface area contributed by atoms with Crippen LogP contribution >= 0.6 is 0 Å². The molecule has 0 saturated heterocycles.